The number of aliphatic hydroxyl groups excluding tert-OH is 1. The number of carboxylic acids is 2. The van der Waals surface area contributed by atoms with Crippen molar-refractivity contribution in [2.24, 2.45) is 5.92 Å². The van der Waals surface area contributed by atoms with Crippen LogP contribution in [0.25, 0.3) is 0 Å². The summed E-state index contributed by atoms with van der Waals surface area (Å²) >= 11 is 0. The van der Waals surface area contributed by atoms with Crippen molar-refractivity contribution in [3.63, 3.8) is 0 Å². The Morgan fingerprint density at radius 1 is 1.09 bits per heavy atom. The van der Waals surface area contributed by atoms with Gasteiger partial charge >= 0.3 is 29.8 Å². The van der Waals surface area contributed by atoms with Gasteiger partial charge in [0, 0.05) is 5.56 Å². The lowest BCUT2D eigenvalue weighted by atomic mass is 9.47. The van der Waals surface area contributed by atoms with E-state index in [4.69, 9.17) is 29.2 Å². The van der Waals surface area contributed by atoms with Gasteiger partial charge in [0.1, 0.15) is 5.76 Å². The van der Waals surface area contributed by atoms with Crippen LogP contribution in [0.2, 0.25) is 0 Å². The van der Waals surface area contributed by atoms with Crippen molar-refractivity contribution in [1.82, 2.24) is 0 Å². The number of benzene rings is 1. The molecule has 1 saturated carbocycles. The second kappa shape index (κ2) is 11.2. The van der Waals surface area contributed by atoms with Crippen LogP contribution in [-0.4, -0.2) is 87.4 Å². The van der Waals surface area contributed by atoms with Crippen LogP contribution in [0.3, 0.4) is 0 Å². The zero-order chi connectivity index (χ0) is 31.3. The lowest BCUT2D eigenvalue weighted by molar-refractivity contribution is -0.179. The monoisotopic (exact) mass is 604 g/mol. The minimum Gasteiger partial charge on any atom is -0.493 e. The Bertz CT molecular complexity index is 1400. The summed E-state index contributed by atoms with van der Waals surface area (Å²) in [5.74, 6) is -5.94. The number of aliphatic carboxylic acids is 2. The molecule has 5 rings (SSSR count). The van der Waals surface area contributed by atoms with Crippen molar-refractivity contribution in [3.05, 3.63) is 35.1 Å². The Kier molecular flexibility index (Phi) is 7.86. The number of hydrogen-bond acceptors (Lipinski definition) is 12. The molecule has 1 heterocycles. The number of methoxy groups -OCH3 is 1. The van der Waals surface area contributed by atoms with E-state index in [0.29, 0.717) is 24.3 Å². The van der Waals surface area contributed by atoms with Crippen LogP contribution >= 0.6 is 0 Å². The first-order valence-electron chi connectivity index (χ1n) is 13.9. The van der Waals surface area contributed by atoms with Crippen LogP contribution in [0.1, 0.15) is 56.6 Å². The molecule has 3 aliphatic carbocycles. The van der Waals surface area contributed by atoms with Crippen molar-refractivity contribution in [3.8, 4) is 11.5 Å². The van der Waals surface area contributed by atoms with Crippen molar-refractivity contribution in [2.45, 2.75) is 87.3 Å². The van der Waals surface area contributed by atoms with Gasteiger partial charge in [-0.25, -0.2) is 14.4 Å². The SMILES string of the molecule is COc1ccc2c3c1O[C@@H]1C(OC(=O)[C@@H](O)CC(=O)O[C@@H](C)C(=O)O[C@H](CC(=O)O)C(=O)O)=CC[C@]4(O)[C@@H](CCC[C@@]314)C2. The first-order chi connectivity index (χ1) is 20.3. The van der Waals surface area contributed by atoms with Gasteiger partial charge in [-0.1, -0.05) is 12.5 Å². The molecule has 0 radical (unpaired) electrons. The van der Waals surface area contributed by atoms with Gasteiger partial charge in [0.05, 0.1) is 31.0 Å². The average Bonchev–Trinajstić information content (AvgIpc) is 3.28. The normalized spacial score (nSPS) is 28.1. The van der Waals surface area contributed by atoms with Gasteiger partial charge in [0.15, 0.2) is 29.8 Å². The third-order valence-corrected chi connectivity index (χ3v) is 8.85. The summed E-state index contributed by atoms with van der Waals surface area (Å²) in [4.78, 5) is 59.3. The summed E-state index contributed by atoms with van der Waals surface area (Å²) in [6, 6.07) is 3.77. The number of rotatable bonds is 11. The molecule has 232 valence electrons. The Morgan fingerprint density at radius 2 is 1.84 bits per heavy atom. The highest BCUT2D eigenvalue weighted by Gasteiger charge is 2.71. The van der Waals surface area contributed by atoms with E-state index in [9.17, 15) is 34.2 Å². The van der Waals surface area contributed by atoms with Crippen molar-refractivity contribution in [1.29, 1.82) is 0 Å². The summed E-state index contributed by atoms with van der Waals surface area (Å²) in [7, 11) is 1.51. The highest BCUT2D eigenvalue weighted by atomic mass is 16.6. The Balaban J connectivity index is 1.26. The molecule has 4 aliphatic rings. The number of carboxylic acid groups (broad SMARTS) is 2. The van der Waals surface area contributed by atoms with Crippen LogP contribution in [0.4, 0.5) is 0 Å². The largest absolute Gasteiger partial charge is 0.493 e. The summed E-state index contributed by atoms with van der Waals surface area (Å²) in [5, 5.41) is 40.3. The number of ether oxygens (including phenoxy) is 5. The maximum atomic E-state index is 12.9. The average molecular weight is 605 g/mol. The number of aliphatic hydroxyl groups is 2. The summed E-state index contributed by atoms with van der Waals surface area (Å²) in [5.41, 5.74) is -0.164. The van der Waals surface area contributed by atoms with Gasteiger partial charge in [-0.15, -0.1) is 0 Å². The van der Waals surface area contributed by atoms with Crippen molar-refractivity contribution in [2.75, 3.05) is 7.11 Å². The number of hydrogen-bond donors (Lipinski definition) is 4. The zero-order valence-electron chi connectivity index (χ0n) is 23.4. The maximum absolute atomic E-state index is 12.9. The van der Waals surface area contributed by atoms with Crippen LogP contribution in [-0.2, 0) is 50.0 Å². The molecule has 0 saturated heterocycles. The minimum absolute atomic E-state index is 0.0309. The third-order valence-electron chi connectivity index (χ3n) is 8.85. The fourth-order valence-corrected chi connectivity index (χ4v) is 6.97. The molecule has 0 aromatic heterocycles. The fraction of sp³-hybridized carbons (Fsp3) is 0.552. The maximum Gasteiger partial charge on any atom is 0.348 e. The first-order valence-corrected chi connectivity index (χ1v) is 13.9. The van der Waals surface area contributed by atoms with E-state index >= 15 is 0 Å². The lowest BCUT2D eigenvalue weighted by Crippen LogP contribution is -2.67. The molecule has 43 heavy (non-hydrogen) atoms. The Morgan fingerprint density at radius 3 is 2.51 bits per heavy atom. The Hall–Kier alpha value is -4.17. The van der Waals surface area contributed by atoms with Gasteiger partial charge in [0.2, 0.25) is 6.10 Å². The van der Waals surface area contributed by atoms with Gasteiger partial charge in [-0.2, -0.15) is 0 Å². The summed E-state index contributed by atoms with van der Waals surface area (Å²) in [6.45, 7) is 1.05. The van der Waals surface area contributed by atoms with E-state index in [1.54, 1.807) is 12.1 Å². The van der Waals surface area contributed by atoms with E-state index in [0.717, 1.165) is 30.9 Å². The van der Waals surface area contributed by atoms with E-state index in [2.05, 4.69) is 4.74 Å². The molecule has 0 unspecified atom stereocenters. The van der Waals surface area contributed by atoms with Gasteiger partial charge in [-0.3, -0.25) is 9.59 Å². The molecule has 1 aliphatic heterocycles. The zero-order valence-corrected chi connectivity index (χ0v) is 23.4. The molecular weight excluding hydrogens is 572 g/mol. The van der Waals surface area contributed by atoms with Crippen LogP contribution < -0.4 is 9.47 Å². The molecule has 14 nitrogen and oxygen atoms in total. The van der Waals surface area contributed by atoms with Crippen LogP contribution in [0.5, 0.6) is 11.5 Å². The highest BCUT2D eigenvalue weighted by Crippen LogP contribution is 2.67. The molecular formula is C29H32O14. The lowest BCUT2D eigenvalue weighted by Gasteiger charge is -2.59. The second-order valence-corrected chi connectivity index (χ2v) is 11.3. The smallest absolute Gasteiger partial charge is 0.348 e. The predicted octanol–water partition coefficient (Wildman–Crippen LogP) is 0.766. The molecule has 1 aromatic carbocycles. The number of carbonyl (C=O) groups is 5. The summed E-state index contributed by atoms with van der Waals surface area (Å²) < 4.78 is 26.9. The van der Waals surface area contributed by atoms with E-state index in [1.165, 1.54) is 7.11 Å². The standard InChI is InChI=1S/C29H32O14/c1-13(26(36)42-19(25(34)35)12-20(31)32)40-21(33)11-16(30)27(37)41-18-7-9-29(38)15-4-3-8-28(29)22-14(10-15)5-6-17(39-2)23(22)43-24(18)28/h5-7,13,15-16,19,24,30,38H,3-4,8-12H2,1-2H3,(H,31,32)(H,34,35)/t13-,15-,16-,19+,24+,28+,29-/m0/s1. The minimum atomic E-state index is -2.01. The molecule has 0 amide bonds. The molecule has 1 fully saturated rings. The fourth-order valence-electron chi connectivity index (χ4n) is 6.97. The van der Waals surface area contributed by atoms with Crippen LogP contribution in [0.15, 0.2) is 24.0 Å². The van der Waals surface area contributed by atoms with Crippen molar-refractivity contribution < 1.29 is 68.1 Å². The molecule has 1 aromatic rings. The van der Waals surface area contributed by atoms with E-state index in [-0.39, 0.29) is 18.1 Å². The van der Waals surface area contributed by atoms with Gasteiger partial charge < -0.3 is 44.1 Å². The number of esters is 3. The molecule has 4 N–H and O–H groups in total. The molecule has 14 heteroatoms. The van der Waals surface area contributed by atoms with E-state index < -0.39 is 78.1 Å². The first kappa shape index (κ1) is 30.3. The van der Waals surface area contributed by atoms with Crippen LogP contribution in [0, 0.1) is 5.92 Å². The quantitative estimate of drug-likeness (QED) is 0.203. The van der Waals surface area contributed by atoms with E-state index in [1.807, 2.05) is 6.07 Å². The highest BCUT2D eigenvalue weighted by molar-refractivity contribution is 5.86. The van der Waals surface area contributed by atoms with Gasteiger partial charge in [-0.05, 0) is 56.2 Å². The molecule has 2 bridgehead atoms. The molecule has 1 spiro atoms. The Labute approximate surface area is 245 Å². The summed E-state index contributed by atoms with van der Waals surface area (Å²) in [6.07, 6.45) is -3.82. The van der Waals surface area contributed by atoms with Gasteiger partial charge in [0.25, 0.3) is 0 Å². The third kappa shape index (κ3) is 4.97. The number of carbonyl (C=O) groups excluding carboxylic acids is 3. The second-order valence-electron chi connectivity index (χ2n) is 11.3. The molecule has 7 atom stereocenters. The van der Waals surface area contributed by atoms with Crippen molar-refractivity contribution >= 4 is 29.8 Å². The predicted molar refractivity (Wildman–Crippen MR) is 140 cm³/mol. The topological polar surface area (TPSA) is 212 Å².